The van der Waals surface area contributed by atoms with E-state index in [4.69, 9.17) is 12.2 Å². The molecule has 2 aromatic rings. The number of hydrogen-bond acceptors (Lipinski definition) is 4. The van der Waals surface area contributed by atoms with E-state index in [1.54, 1.807) is 0 Å². The Balaban J connectivity index is 1.85. The molecule has 1 aromatic heterocycles. The van der Waals surface area contributed by atoms with E-state index in [-0.39, 0.29) is 0 Å². The van der Waals surface area contributed by atoms with Gasteiger partial charge in [0.1, 0.15) is 5.82 Å². The van der Waals surface area contributed by atoms with Crippen LogP contribution in [-0.4, -0.2) is 57.8 Å². The smallest absolute Gasteiger partial charge is 0.199 e. The van der Waals surface area contributed by atoms with E-state index in [0.29, 0.717) is 4.77 Å². The summed E-state index contributed by atoms with van der Waals surface area (Å²) in [4.78, 5) is 4.78. The highest BCUT2D eigenvalue weighted by atomic mass is 32.1. The van der Waals surface area contributed by atoms with Crippen LogP contribution in [0.3, 0.4) is 0 Å². The number of nitrogens with zero attached hydrogens (tertiary/aromatic N) is 4. The lowest BCUT2D eigenvalue weighted by Gasteiger charge is -2.31. The van der Waals surface area contributed by atoms with Gasteiger partial charge in [-0.3, -0.25) is 14.6 Å². The summed E-state index contributed by atoms with van der Waals surface area (Å²) >= 11 is 5.40. The van der Waals surface area contributed by atoms with Gasteiger partial charge in [0, 0.05) is 31.9 Å². The van der Waals surface area contributed by atoms with Crippen LogP contribution in [0.4, 0.5) is 0 Å². The summed E-state index contributed by atoms with van der Waals surface area (Å²) in [6.07, 6.45) is 0. The Hall–Kier alpha value is -1.50. The molecular weight excluding hydrogens is 282 g/mol. The number of aromatic amines is 1. The maximum Gasteiger partial charge on any atom is 0.199 e. The van der Waals surface area contributed by atoms with Gasteiger partial charge in [-0.2, -0.15) is 5.10 Å². The number of aryl methyl sites for hydroxylation is 1. The second-order valence-electron chi connectivity index (χ2n) is 5.70. The van der Waals surface area contributed by atoms with Gasteiger partial charge in [0.15, 0.2) is 4.77 Å². The van der Waals surface area contributed by atoms with Crippen molar-refractivity contribution < 1.29 is 0 Å². The molecule has 0 aliphatic carbocycles. The Morgan fingerprint density at radius 3 is 2.71 bits per heavy atom. The molecule has 1 aliphatic rings. The third kappa shape index (κ3) is 3.23. The number of nitrogens with one attached hydrogen (secondary N) is 1. The lowest BCUT2D eigenvalue weighted by Crippen LogP contribution is -2.44. The highest BCUT2D eigenvalue weighted by Gasteiger charge is 2.17. The van der Waals surface area contributed by atoms with Crippen molar-refractivity contribution in [2.75, 3.05) is 33.2 Å². The van der Waals surface area contributed by atoms with E-state index < -0.39 is 0 Å². The highest BCUT2D eigenvalue weighted by Crippen LogP contribution is 2.15. The predicted molar refractivity (Wildman–Crippen MR) is 86.3 cm³/mol. The Morgan fingerprint density at radius 1 is 1.24 bits per heavy atom. The molecule has 6 heteroatoms. The van der Waals surface area contributed by atoms with Crippen molar-refractivity contribution in [2.45, 2.75) is 13.5 Å². The van der Waals surface area contributed by atoms with Crippen molar-refractivity contribution in [3.05, 3.63) is 40.4 Å². The van der Waals surface area contributed by atoms with Crippen LogP contribution < -0.4 is 0 Å². The van der Waals surface area contributed by atoms with E-state index in [1.165, 1.54) is 5.56 Å². The maximum atomic E-state index is 5.40. The minimum atomic E-state index is 0.657. The summed E-state index contributed by atoms with van der Waals surface area (Å²) in [5.41, 5.74) is 2.30. The Labute approximate surface area is 130 Å². The van der Waals surface area contributed by atoms with Crippen molar-refractivity contribution >= 4 is 12.2 Å². The van der Waals surface area contributed by atoms with Crippen molar-refractivity contribution in [1.82, 2.24) is 24.6 Å². The van der Waals surface area contributed by atoms with Gasteiger partial charge < -0.3 is 4.90 Å². The molecule has 0 bridgehead atoms. The van der Waals surface area contributed by atoms with Gasteiger partial charge in [-0.1, -0.05) is 12.1 Å². The first kappa shape index (κ1) is 14.4. The van der Waals surface area contributed by atoms with Gasteiger partial charge >= 0.3 is 0 Å². The molecule has 0 unspecified atom stereocenters. The largest absolute Gasteiger partial charge is 0.304 e. The lowest BCUT2D eigenvalue weighted by molar-refractivity contribution is 0.145. The van der Waals surface area contributed by atoms with Gasteiger partial charge in [-0.05, 0) is 43.9 Å². The van der Waals surface area contributed by atoms with E-state index in [2.05, 4.69) is 58.2 Å². The Kier molecular flexibility index (Phi) is 4.19. The zero-order valence-electron chi connectivity index (χ0n) is 12.5. The van der Waals surface area contributed by atoms with Crippen LogP contribution in [0.15, 0.2) is 24.3 Å². The van der Waals surface area contributed by atoms with E-state index in [1.807, 2.05) is 4.57 Å². The summed E-state index contributed by atoms with van der Waals surface area (Å²) in [5, 5.41) is 7.36. The SMILES string of the molecule is Cc1cccc(-n2c(CN3CCN(C)CC3)n[nH]c2=S)c1. The van der Waals surface area contributed by atoms with Crippen molar-refractivity contribution in [1.29, 1.82) is 0 Å². The zero-order chi connectivity index (χ0) is 14.8. The minimum absolute atomic E-state index is 0.657. The normalized spacial score (nSPS) is 17.2. The number of aromatic nitrogens is 3. The van der Waals surface area contributed by atoms with Crippen LogP contribution in [0, 0.1) is 11.7 Å². The second-order valence-corrected chi connectivity index (χ2v) is 6.09. The number of hydrogen-bond donors (Lipinski definition) is 1. The molecule has 21 heavy (non-hydrogen) atoms. The molecule has 0 radical (unpaired) electrons. The Morgan fingerprint density at radius 2 is 2.00 bits per heavy atom. The molecule has 0 saturated carbocycles. The number of H-pyrrole nitrogens is 1. The molecule has 112 valence electrons. The van der Waals surface area contributed by atoms with Crippen LogP contribution in [0.25, 0.3) is 5.69 Å². The summed E-state index contributed by atoms with van der Waals surface area (Å²) in [5.74, 6) is 0.982. The molecule has 0 amide bonds. The number of benzene rings is 1. The fraction of sp³-hybridized carbons (Fsp3) is 0.467. The standard InChI is InChI=1S/C15H21N5S/c1-12-4-3-5-13(10-12)20-14(16-17-15(20)21)11-19-8-6-18(2)7-9-19/h3-5,10H,6-9,11H2,1-2H3,(H,17,21). The maximum absolute atomic E-state index is 5.40. The molecule has 1 saturated heterocycles. The first-order chi connectivity index (χ1) is 10.1. The monoisotopic (exact) mass is 303 g/mol. The highest BCUT2D eigenvalue weighted by molar-refractivity contribution is 7.71. The van der Waals surface area contributed by atoms with E-state index in [0.717, 1.165) is 44.2 Å². The van der Waals surface area contributed by atoms with Gasteiger partial charge in [-0.25, -0.2) is 0 Å². The fourth-order valence-corrected chi connectivity index (χ4v) is 2.93. The average molecular weight is 303 g/mol. The molecule has 1 aliphatic heterocycles. The van der Waals surface area contributed by atoms with Crippen molar-refractivity contribution in [3.8, 4) is 5.69 Å². The molecule has 2 heterocycles. The summed E-state index contributed by atoms with van der Waals surface area (Å²) in [7, 11) is 2.17. The van der Waals surface area contributed by atoms with Crippen molar-refractivity contribution in [2.24, 2.45) is 0 Å². The Bertz CT molecular complexity index is 667. The minimum Gasteiger partial charge on any atom is -0.304 e. The topological polar surface area (TPSA) is 40.1 Å². The summed E-state index contributed by atoms with van der Waals surface area (Å²) in [6.45, 7) is 7.28. The lowest BCUT2D eigenvalue weighted by atomic mass is 10.2. The molecule has 0 spiro atoms. The first-order valence-corrected chi connectivity index (χ1v) is 7.68. The summed E-state index contributed by atoms with van der Waals surface area (Å²) in [6, 6.07) is 8.36. The number of likely N-dealkylation sites (N-methyl/N-ethyl adjacent to an activating group) is 1. The van der Waals surface area contributed by atoms with Gasteiger partial charge in [0.05, 0.1) is 6.54 Å². The van der Waals surface area contributed by atoms with Crippen molar-refractivity contribution in [3.63, 3.8) is 0 Å². The van der Waals surface area contributed by atoms with Crippen LogP contribution in [0.2, 0.25) is 0 Å². The second kappa shape index (κ2) is 6.09. The quantitative estimate of drug-likeness (QED) is 0.880. The van der Waals surface area contributed by atoms with Crippen LogP contribution in [-0.2, 0) is 6.54 Å². The molecule has 0 atom stereocenters. The first-order valence-electron chi connectivity index (χ1n) is 7.28. The van der Waals surface area contributed by atoms with Gasteiger partial charge in [0.25, 0.3) is 0 Å². The van der Waals surface area contributed by atoms with E-state index in [9.17, 15) is 0 Å². The van der Waals surface area contributed by atoms with E-state index >= 15 is 0 Å². The average Bonchev–Trinajstić information content (AvgIpc) is 2.82. The van der Waals surface area contributed by atoms with Gasteiger partial charge in [0.2, 0.25) is 0 Å². The molecule has 1 fully saturated rings. The molecule has 1 N–H and O–H groups in total. The molecule has 1 aromatic carbocycles. The predicted octanol–water partition coefficient (Wildman–Crippen LogP) is 1.99. The van der Waals surface area contributed by atoms with Crippen LogP contribution in [0.5, 0.6) is 0 Å². The zero-order valence-corrected chi connectivity index (χ0v) is 13.4. The molecule has 3 rings (SSSR count). The molecular formula is C15H21N5S. The number of piperazine rings is 1. The summed E-state index contributed by atoms with van der Waals surface area (Å²) < 4.78 is 2.70. The van der Waals surface area contributed by atoms with Crippen LogP contribution >= 0.6 is 12.2 Å². The van der Waals surface area contributed by atoms with Gasteiger partial charge in [-0.15, -0.1) is 0 Å². The van der Waals surface area contributed by atoms with Crippen LogP contribution in [0.1, 0.15) is 11.4 Å². The number of rotatable bonds is 3. The molecule has 5 nitrogen and oxygen atoms in total. The fourth-order valence-electron chi connectivity index (χ4n) is 2.67. The third-order valence-electron chi connectivity index (χ3n) is 3.96. The third-order valence-corrected chi connectivity index (χ3v) is 4.24.